The lowest BCUT2D eigenvalue weighted by molar-refractivity contribution is -0.134. The van der Waals surface area contributed by atoms with Crippen molar-refractivity contribution >= 4 is 52.1 Å². The van der Waals surface area contributed by atoms with Crippen molar-refractivity contribution in [2.45, 2.75) is 4.90 Å². The molecule has 3 rings (SSSR count). The van der Waals surface area contributed by atoms with Crippen LogP contribution in [0.4, 0.5) is 0 Å². The minimum absolute atomic E-state index is 0.251. The van der Waals surface area contributed by atoms with Crippen molar-refractivity contribution in [3.8, 4) is 0 Å². The van der Waals surface area contributed by atoms with Crippen molar-refractivity contribution in [2.24, 2.45) is 0 Å². The highest BCUT2D eigenvalue weighted by molar-refractivity contribution is 8.04. The fourth-order valence-corrected chi connectivity index (χ4v) is 3.96. The Morgan fingerprint density at radius 2 is 1.81 bits per heavy atom. The monoisotopic (exact) mass is 335 g/mol. The minimum Gasteiger partial charge on any atom is -0.277 e. The summed E-state index contributed by atoms with van der Waals surface area (Å²) in [6.45, 7) is 0. The van der Waals surface area contributed by atoms with Gasteiger partial charge in [-0.3, -0.25) is 14.5 Å². The molecular formula is C15H10ClNO2S2. The Balaban J connectivity index is 2.04. The van der Waals surface area contributed by atoms with Crippen LogP contribution in [-0.4, -0.2) is 23.8 Å². The first kappa shape index (κ1) is 14.4. The molecule has 106 valence electrons. The highest BCUT2D eigenvalue weighted by Gasteiger charge is 2.37. The molecule has 0 atom stereocenters. The summed E-state index contributed by atoms with van der Waals surface area (Å²) in [7, 11) is 1.51. The van der Waals surface area contributed by atoms with Crippen molar-refractivity contribution in [1.29, 1.82) is 0 Å². The van der Waals surface area contributed by atoms with Crippen molar-refractivity contribution < 1.29 is 9.59 Å². The van der Waals surface area contributed by atoms with Gasteiger partial charge in [-0.15, -0.1) is 11.3 Å². The van der Waals surface area contributed by atoms with E-state index >= 15 is 0 Å². The molecule has 1 aliphatic rings. The molecule has 1 aromatic carbocycles. The fourth-order valence-electron chi connectivity index (χ4n) is 1.97. The van der Waals surface area contributed by atoms with Crippen LogP contribution in [0.2, 0.25) is 5.02 Å². The fraction of sp³-hybridized carbons (Fsp3) is 0.0667. The Morgan fingerprint density at radius 1 is 1.10 bits per heavy atom. The Kier molecular flexibility index (Phi) is 3.89. The van der Waals surface area contributed by atoms with Crippen LogP contribution in [0.25, 0.3) is 5.57 Å². The first-order chi connectivity index (χ1) is 10.1. The van der Waals surface area contributed by atoms with Gasteiger partial charge in [-0.1, -0.05) is 29.4 Å². The smallest absolute Gasteiger partial charge is 0.268 e. The van der Waals surface area contributed by atoms with Crippen LogP contribution in [0.1, 0.15) is 4.88 Å². The molecule has 2 aromatic rings. The van der Waals surface area contributed by atoms with E-state index in [0.717, 1.165) is 14.7 Å². The number of thiophene rings is 1. The number of thioether (sulfide) groups is 1. The molecule has 1 aromatic heterocycles. The van der Waals surface area contributed by atoms with Crippen molar-refractivity contribution in [3.05, 3.63) is 56.6 Å². The summed E-state index contributed by atoms with van der Waals surface area (Å²) >= 11 is 8.61. The van der Waals surface area contributed by atoms with Crippen LogP contribution in [0.3, 0.4) is 0 Å². The Labute approximate surface area is 135 Å². The van der Waals surface area contributed by atoms with E-state index in [9.17, 15) is 9.59 Å². The van der Waals surface area contributed by atoms with E-state index in [0.29, 0.717) is 15.5 Å². The number of nitrogens with zero attached hydrogens (tertiary/aromatic N) is 1. The Bertz CT molecular complexity index is 736. The van der Waals surface area contributed by atoms with E-state index < -0.39 is 0 Å². The lowest BCUT2D eigenvalue weighted by Crippen LogP contribution is -2.26. The summed E-state index contributed by atoms with van der Waals surface area (Å²) < 4.78 is 0. The van der Waals surface area contributed by atoms with Crippen LogP contribution in [-0.2, 0) is 9.59 Å². The average molecular weight is 336 g/mol. The normalized spacial score (nSPS) is 15.2. The van der Waals surface area contributed by atoms with Gasteiger partial charge >= 0.3 is 0 Å². The molecule has 6 heteroatoms. The molecule has 0 N–H and O–H groups in total. The lowest BCUT2D eigenvalue weighted by atomic mass is 10.2. The molecule has 2 amide bonds. The number of benzene rings is 1. The van der Waals surface area contributed by atoms with Crippen molar-refractivity contribution in [2.75, 3.05) is 7.05 Å². The molecule has 0 spiro atoms. The summed E-state index contributed by atoms with van der Waals surface area (Å²) in [5.74, 6) is -0.512. The zero-order chi connectivity index (χ0) is 15.0. The van der Waals surface area contributed by atoms with E-state index in [1.807, 2.05) is 29.6 Å². The van der Waals surface area contributed by atoms with Crippen LogP contribution >= 0.6 is 34.7 Å². The summed E-state index contributed by atoms with van der Waals surface area (Å²) in [5.41, 5.74) is 0.484. The number of likely N-dealkylation sites (N-methyl/N-ethyl adjacent to an activating group) is 1. The third kappa shape index (κ3) is 2.64. The first-order valence-electron chi connectivity index (χ1n) is 6.12. The maximum Gasteiger partial charge on any atom is 0.268 e. The highest BCUT2D eigenvalue weighted by Crippen LogP contribution is 2.40. The number of hydrogen-bond donors (Lipinski definition) is 0. The van der Waals surface area contributed by atoms with Crippen LogP contribution in [0.15, 0.2) is 51.6 Å². The number of rotatable bonds is 3. The van der Waals surface area contributed by atoms with Crippen molar-refractivity contribution in [3.63, 3.8) is 0 Å². The molecule has 3 nitrogen and oxygen atoms in total. The molecule has 0 saturated carbocycles. The zero-order valence-electron chi connectivity index (χ0n) is 11.0. The third-order valence-electron chi connectivity index (χ3n) is 3.05. The Hall–Kier alpha value is -1.56. The summed E-state index contributed by atoms with van der Waals surface area (Å²) in [6.07, 6.45) is 0. The number of carbonyl (C=O) groups excluding carboxylic acids is 2. The van der Waals surface area contributed by atoms with Gasteiger partial charge in [0.15, 0.2) is 0 Å². The largest absolute Gasteiger partial charge is 0.277 e. The Morgan fingerprint density at radius 3 is 2.43 bits per heavy atom. The summed E-state index contributed by atoms with van der Waals surface area (Å²) in [4.78, 5) is 27.9. The van der Waals surface area contributed by atoms with Gasteiger partial charge in [0.05, 0.1) is 10.5 Å². The standard InChI is InChI=1S/C15H10ClNO2S2/c1-17-14(18)12(11-3-2-8-20-11)13(15(17)19)21-10-6-4-9(16)5-7-10/h2-8H,1H3. The molecule has 0 aliphatic carbocycles. The lowest BCUT2D eigenvalue weighted by Gasteiger charge is -2.06. The molecule has 0 saturated heterocycles. The maximum absolute atomic E-state index is 12.3. The SMILES string of the molecule is CN1C(=O)C(Sc2ccc(Cl)cc2)=C(c2cccs2)C1=O. The van der Waals surface area contributed by atoms with E-state index in [2.05, 4.69) is 0 Å². The van der Waals surface area contributed by atoms with Gasteiger partial charge in [0.2, 0.25) is 0 Å². The number of hydrogen-bond acceptors (Lipinski definition) is 4. The second-order valence-corrected chi connectivity index (χ2v) is 6.87. The molecule has 21 heavy (non-hydrogen) atoms. The van der Waals surface area contributed by atoms with E-state index in [1.165, 1.54) is 30.1 Å². The first-order valence-corrected chi connectivity index (χ1v) is 8.19. The van der Waals surface area contributed by atoms with Gasteiger partial charge in [-0.25, -0.2) is 0 Å². The van der Waals surface area contributed by atoms with E-state index in [-0.39, 0.29) is 11.8 Å². The van der Waals surface area contributed by atoms with E-state index in [4.69, 9.17) is 11.6 Å². The number of amides is 2. The number of carbonyl (C=O) groups is 2. The quantitative estimate of drug-likeness (QED) is 0.798. The minimum atomic E-state index is -0.261. The van der Waals surface area contributed by atoms with Gasteiger partial charge in [0.1, 0.15) is 0 Å². The molecule has 0 radical (unpaired) electrons. The van der Waals surface area contributed by atoms with Crippen LogP contribution in [0.5, 0.6) is 0 Å². The number of halogens is 1. The van der Waals surface area contributed by atoms with Gasteiger partial charge in [-0.05, 0) is 35.7 Å². The van der Waals surface area contributed by atoms with Crippen LogP contribution < -0.4 is 0 Å². The van der Waals surface area contributed by atoms with Gasteiger partial charge in [0.25, 0.3) is 11.8 Å². The molecule has 2 heterocycles. The summed E-state index contributed by atoms with van der Waals surface area (Å²) in [6, 6.07) is 10.9. The predicted octanol–water partition coefficient (Wildman–Crippen LogP) is 3.90. The predicted molar refractivity (Wildman–Crippen MR) is 86.3 cm³/mol. The summed E-state index contributed by atoms with van der Waals surface area (Å²) in [5, 5.41) is 2.53. The average Bonchev–Trinajstić information content (AvgIpc) is 3.06. The van der Waals surface area contributed by atoms with E-state index in [1.54, 1.807) is 12.1 Å². The molecule has 0 unspecified atom stereocenters. The topological polar surface area (TPSA) is 37.4 Å². The molecule has 0 bridgehead atoms. The van der Waals surface area contributed by atoms with Crippen molar-refractivity contribution in [1.82, 2.24) is 4.90 Å². The molecule has 0 fully saturated rings. The van der Waals surface area contributed by atoms with Gasteiger partial charge in [0, 0.05) is 21.8 Å². The maximum atomic E-state index is 12.3. The zero-order valence-corrected chi connectivity index (χ0v) is 13.4. The van der Waals surface area contributed by atoms with Crippen LogP contribution in [0, 0.1) is 0 Å². The van der Waals surface area contributed by atoms with Gasteiger partial charge in [-0.2, -0.15) is 0 Å². The molecule has 1 aliphatic heterocycles. The number of imide groups is 1. The second kappa shape index (κ2) is 5.67. The second-order valence-electron chi connectivity index (χ2n) is 4.41. The van der Waals surface area contributed by atoms with Gasteiger partial charge < -0.3 is 0 Å². The molecular weight excluding hydrogens is 326 g/mol. The highest BCUT2D eigenvalue weighted by atomic mass is 35.5. The third-order valence-corrected chi connectivity index (χ3v) is 5.28.